The first-order valence-electron chi connectivity index (χ1n) is 8.00. The molecule has 2 heteroatoms. The van der Waals surface area contributed by atoms with Crippen LogP contribution in [0.25, 0.3) is 0 Å². The predicted molar refractivity (Wildman–Crippen MR) is 85.0 cm³/mol. The number of aliphatic hydroxyl groups is 1. The first kappa shape index (κ1) is 15.5. The molecular weight excluding hydrogens is 246 g/mol. The van der Waals surface area contributed by atoms with E-state index in [1.54, 1.807) is 0 Å². The summed E-state index contributed by atoms with van der Waals surface area (Å²) in [5.41, 5.74) is 3.44. The van der Waals surface area contributed by atoms with Crippen molar-refractivity contribution in [2.45, 2.75) is 65.0 Å². The summed E-state index contributed by atoms with van der Waals surface area (Å²) in [4.78, 5) is 2.50. The van der Waals surface area contributed by atoms with Gasteiger partial charge < -0.3 is 5.11 Å². The van der Waals surface area contributed by atoms with Crippen LogP contribution < -0.4 is 0 Å². The van der Waals surface area contributed by atoms with E-state index in [2.05, 4.69) is 50.8 Å². The SMILES string of the molecule is CCC(C)(C(O)c1cccc(C)c1C)N1CCCCC1. The highest BCUT2D eigenvalue weighted by atomic mass is 16.3. The molecule has 2 rings (SSSR count). The lowest BCUT2D eigenvalue weighted by Gasteiger charge is -2.46. The van der Waals surface area contributed by atoms with E-state index < -0.39 is 6.10 Å². The number of aryl methyl sites for hydroxylation is 1. The molecule has 2 nitrogen and oxygen atoms in total. The Bertz CT molecular complexity index is 451. The van der Waals surface area contributed by atoms with Crippen LogP contribution in [0, 0.1) is 13.8 Å². The smallest absolute Gasteiger partial charge is 0.0973 e. The Morgan fingerprint density at radius 2 is 1.85 bits per heavy atom. The third-order valence-corrected chi connectivity index (χ3v) is 5.32. The lowest BCUT2D eigenvalue weighted by molar-refractivity contribution is -0.0355. The molecule has 1 aromatic carbocycles. The molecule has 112 valence electrons. The van der Waals surface area contributed by atoms with Crippen molar-refractivity contribution in [2.24, 2.45) is 0 Å². The molecule has 0 radical (unpaired) electrons. The van der Waals surface area contributed by atoms with Gasteiger partial charge in [-0.2, -0.15) is 0 Å². The van der Waals surface area contributed by atoms with E-state index in [1.807, 2.05) is 0 Å². The zero-order valence-corrected chi connectivity index (χ0v) is 13.4. The Hall–Kier alpha value is -0.860. The number of hydrogen-bond acceptors (Lipinski definition) is 2. The van der Waals surface area contributed by atoms with Gasteiger partial charge >= 0.3 is 0 Å². The summed E-state index contributed by atoms with van der Waals surface area (Å²) in [5.74, 6) is 0. The fourth-order valence-corrected chi connectivity index (χ4v) is 3.40. The molecule has 0 bridgehead atoms. The van der Waals surface area contributed by atoms with Gasteiger partial charge in [-0.15, -0.1) is 0 Å². The Kier molecular flexibility index (Phi) is 4.87. The van der Waals surface area contributed by atoms with Gasteiger partial charge in [0.25, 0.3) is 0 Å². The zero-order valence-electron chi connectivity index (χ0n) is 13.4. The van der Waals surface area contributed by atoms with Crippen LogP contribution in [0.15, 0.2) is 18.2 Å². The fraction of sp³-hybridized carbons (Fsp3) is 0.667. The molecule has 1 aromatic rings. The lowest BCUT2D eigenvalue weighted by atomic mass is 9.82. The molecule has 20 heavy (non-hydrogen) atoms. The fourth-order valence-electron chi connectivity index (χ4n) is 3.40. The molecular formula is C18H29NO. The minimum absolute atomic E-state index is 0.154. The Morgan fingerprint density at radius 1 is 1.20 bits per heavy atom. The zero-order chi connectivity index (χ0) is 14.8. The monoisotopic (exact) mass is 275 g/mol. The molecule has 1 saturated heterocycles. The molecule has 0 spiro atoms. The van der Waals surface area contributed by atoms with Crippen molar-refractivity contribution in [2.75, 3.05) is 13.1 Å². The van der Waals surface area contributed by atoms with Crippen molar-refractivity contribution in [1.29, 1.82) is 0 Å². The quantitative estimate of drug-likeness (QED) is 0.898. The normalized spacial score (nSPS) is 21.4. The average molecular weight is 275 g/mol. The summed E-state index contributed by atoms with van der Waals surface area (Å²) in [6, 6.07) is 6.27. The summed E-state index contributed by atoms with van der Waals surface area (Å²) < 4.78 is 0. The van der Waals surface area contributed by atoms with Gasteiger partial charge in [-0.25, -0.2) is 0 Å². The van der Waals surface area contributed by atoms with E-state index in [0.717, 1.165) is 25.1 Å². The molecule has 1 heterocycles. The first-order chi connectivity index (χ1) is 9.50. The molecule has 1 fully saturated rings. The van der Waals surface area contributed by atoms with Gasteiger partial charge in [0, 0.05) is 5.54 Å². The summed E-state index contributed by atoms with van der Waals surface area (Å²) in [6.07, 6.45) is 4.41. The van der Waals surface area contributed by atoms with Crippen LogP contribution in [0.2, 0.25) is 0 Å². The third-order valence-electron chi connectivity index (χ3n) is 5.32. The summed E-state index contributed by atoms with van der Waals surface area (Å²) in [6.45, 7) is 10.9. The highest BCUT2D eigenvalue weighted by Gasteiger charge is 2.39. The topological polar surface area (TPSA) is 23.5 Å². The summed E-state index contributed by atoms with van der Waals surface area (Å²) in [7, 11) is 0. The number of benzene rings is 1. The summed E-state index contributed by atoms with van der Waals surface area (Å²) >= 11 is 0. The van der Waals surface area contributed by atoms with Crippen molar-refractivity contribution < 1.29 is 5.11 Å². The maximum absolute atomic E-state index is 11.1. The van der Waals surface area contributed by atoms with Crippen molar-refractivity contribution in [1.82, 2.24) is 4.90 Å². The van der Waals surface area contributed by atoms with Gasteiger partial charge in [-0.05, 0) is 69.8 Å². The number of nitrogens with zero attached hydrogens (tertiary/aromatic N) is 1. The van der Waals surface area contributed by atoms with E-state index in [-0.39, 0.29) is 5.54 Å². The largest absolute Gasteiger partial charge is 0.386 e. The molecule has 0 amide bonds. The van der Waals surface area contributed by atoms with Crippen LogP contribution in [-0.4, -0.2) is 28.6 Å². The second-order valence-corrected chi connectivity index (χ2v) is 6.45. The van der Waals surface area contributed by atoms with Crippen molar-refractivity contribution >= 4 is 0 Å². The van der Waals surface area contributed by atoms with Gasteiger partial charge in [0.1, 0.15) is 0 Å². The average Bonchev–Trinajstić information content (AvgIpc) is 2.49. The lowest BCUT2D eigenvalue weighted by Crippen LogP contribution is -2.52. The molecule has 0 aromatic heterocycles. The molecule has 1 aliphatic rings. The maximum Gasteiger partial charge on any atom is 0.0973 e. The minimum Gasteiger partial charge on any atom is -0.386 e. The molecule has 1 N–H and O–H groups in total. The van der Waals surface area contributed by atoms with E-state index in [4.69, 9.17) is 0 Å². The Labute approximate surface area is 123 Å². The second kappa shape index (κ2) is 6.28. The van der Waals surface area contributed by atoms with E-state index in [9.17, 15) is 5.11 Å². The number of piperidine rings is 1. The minimum atomic E-state index is -0.412. The van der Waals surface area contributed by atoms with Crippen LogP contribution in [0.3, 0.4) is 0 Å². The van der Waals surface area contributed by atoms with E-state index in [1.165, 1.54) is 30.4 Å². The van der Waals surface area contributed by atoms with Gasteiger partial charge in [-0.3, -0.25) is 4.90 Å². The molecule has 1 aliphatic heterocycles. The molecule has 0 aliphatic carbocycles. The number of aliphatic hydroxyl groups excluding tert-OH is 1. The van der Waals surface area contributed by atoms with Gasteiger partial charge in [0.15, 0.2) is 0 Å². The third kappa shape index (κ3) is 2.77. The molecule has 2 atom stereocenters. The van der Waals surface area contributed by atoms with Crippen molar-refractivity contribution in [3.05, 3.63) is 34.9 Å². The van der Waals surface area contributed by atoms with Crippen LogP contribution >= 0.6 is 0 Å². The number of likely N-dealkylation sites (tertiary alicyclic amines) is 1. The Morgan fingerprint density at radius 3 is 2.45 bits per heavy atom. The van der Waals surface area contributed by atoms with Crippen LogP contribution in [0.1, 0.15) is 62.3 Å². The maximum atomic E-state index is 11.1. The Balaban J connectivity index is 2.32. The summed E-state index contributed by atoms with van der Waals surface area (Å²) in [5, 5.41) is 11.1. The van der Waals surface area contributed by atoms with Gasteiger partial charge in [0.05, 0.1) is 6.10 Å². The van der Waals surface area contributed by atoms with E-state index in [0.29, 0.717) is 0 Å². The molecule has 2 unspecified atom stereocenters. The molecule has 0 saturated carbocycles. The second-order valence-electron chi connectivity index (χ2n) is 6.45. The van der Waals surface area contributed by atoms with Gasteiger partial charge in [0.2, 0.25) is 0 Å². The van der Waals surface area contributed by atoms with Crippen LogP contribution in [-0.2, 0) is 0 Å². The van der Waals surface area contributed by atoms with E-state index >= 15 is 0 Å². The standard InChI is InChI=1S/C18H29NO/c1-5-18(4,19-12-7-6-8-13-19)17(20)16-11-9-10-14(2)15(16)3/h9-11,17,20H,5-8,12-13H2,1-4H3. The first-order valence-corrected chi connectivity index (χ1v) is 8.00. The predicted octanol–water partition coefficient (Wildman–Crippen LogP) is 3.99. The highest BCUT2D eigenvalue weighted by molar-refractivity contribution is 5.36. The van der Waals surface area contributed by atoms with Crippen molar-refractivity contribution in [3.63, 3.8) is 0 Å². The number of rotatable bonds is 4. The van der Waals surface area contributed by atoms with Crippen molar-refractivity contribution in [3.8, 4) is 0 Å². The number of hydrogen-bond donors (Lipinski definition) is 1. The van der Waals surface area contributed by atoms with Crippen LogP contribution in [0.5, 0.6) is 0 Å². The van der Waals surface area contributed by atoms with Gasteiger partial charge in [-0.1, -0.05) is 31.5 Å². The highest BCUT2D eigenvalue weighted by Crippen LogP contribution is 2.37. The van der Waals surface area contributed by atoms with Crippen LogP contribution in [0.4, 0.5) is 0 Å².